The van der Waals surface area contributed by atoms with Crippen LogP contribution in [0.15, 0.2) is 121 Å². The lowest BCUT2D eigenvalue weighted by Gasteiger charge is -2.22. The Morgan fingerprint density at radius 2 is 1.38 bits per heavy atom. The second-order valence-electron chi connectivity index (χ2n) is 16.6. The summed E-state index contributed by atoms with van der Waals surface area (Å²) in [4.78, 5) is 4.88. The zero-order valence-electron chi connectivity index (χ0n) is 33.5. The van der Waals surface area contributed by atoms with Gasteiger partial charge in [0.1, 0.15) is 17.3 Å². The van der Waals surface area contributed by atoms with Gasteiger partial charge in [0.15, 0.2) is 0 Å². The second-order valence-corrected chi connectivity index (χ2v) is 16.6. The van der Waals surface area contributed by atoms with Gasteiger partial charge in [-0.3, -0.25) is 4.57 Å². The summed E-state index contributed by atoms with van der Waals surface area (Å²) in [5.74, 6) is 2.99. The van der Waals surface area contributed by atoms with Gasteiger partial charge in [0, 0.05) is 40.2 Å². The van der Waals surface area contributed by atoms with Crippen LogP contribution in [0.3, 0.4) is 0 Å². The van der Waals surface area contributed by atoms with E-state index >= 15 is 0 Å². The number of para-hydroxylation sites is 1. The minimum atomic E-state index is -0.140. The monoisotopic (exact) mass is 722 g/mol. The minimum Gasteiger partial charge on any atom is -0.457 e. The Morgan fingerprint density at radius 3 is 2.11 bits per heavy atom. The molecule has 5 nitrogen and oxygen atoms in total. The third-order valence-electron chi connectivity index (χ3n) is 10.6. The summed E-state index contributed by atoms with van der Waals surface area (Å²) in [6.45, 7) is 20.0. The number of hydrogen-bond donors (Lipinski definition) is 0. The fourth-order valence-corrected chi connectivity index (χ4v) is 8.23. The molecule has 0 N–H and O–H groups in total. The molecule has 0 aliphatic rings. The Kier molecular flexibility index (Phi) is 9.21. The van der Waals surface area contributed by atoms with Crippen LogP contribution in [0.1, 0.15) is 68.1 Å². The van der Waals surface area contributed by atoms with E-state index in [0.717, 1.165) is 73.9 Å². The van der Waals surface area contributed by atoms with E-state index in [1.54, 1.807) is 0 Å². The van der Waals surface area contributed by atoms with E-state index in [2.05, 4.69) is 187 Å². The molecule has 3 aromatic heterocycles. The molecule has 0 spiro atoms. The standard InChI is InChI=1S/C50H50N4O/c1-31(2)23-36-21-22-51-46(26-36)53-44-18-14-13-17-42(44)43-20-19-40(30-45(43)53)55-41-28-38(50(7,8)9)27-39(29-41)54-49(37-15-11-10-12-16-37)48(35(6)52-54)47-33(4)24-32(3)25-34(47)5/h10-22,24-31H,23H2,1-9H3. The van der Waals surface area contributed by atoms with E-state index < -0.39 is 0 Å². The molecule has 0 radical (unpaired) electrons. The molecule has 0 fully saturated rings. The Bertz CT molecular complexity index is 2680. The summed E-state index contributed by atoms with van der Waals surface area (Å²) in [6, 6.07) is 41.1. The lowest BCUT2D eigenvalue weighted by molar-refractivity contribution is 0.478. The maximum Gasteiger partial charge on any atom is 0.137 e. The van der Waals surface area contributed by atoms with Gasteiger partial charge in [-0.1, -0.05) is 101 Å². The van der Waals surface area contributed by atoms with Crippen molar-refractivity contribution in [1.82, 2.24) is 19.3 Å². The molecule has 3 heterocycles. The van der Waals surface area contributed by atoms with Gasteiger partial charge < -0.3 is 4.74 Å². The van der Waals surface area contributed by atoms with Crippen molar-refractivity contribution in [2.75, 3.05) is 0 Å². The Hall–Kier alpha value is -5.94. The van der Waals surface area contributed by atoms with Crippen LogP contribution in [0, 0.1) is 33.6 Å². The van der Waals surface area contributed by atoms with Crippen molar-refractivity contribution in [2.45, 2.75) is 74.1 Å². The molecule has 0 amide bonds. The lowest BCUT2D eigenvalue weighted by Crippen LogP contribution is -2.12. The van der Waals surface area contributed by atoms with E-state index in [1.807, 2.05) is 6.20 Å². The molecule has 0 aliphatic heterocycles. The van der Waals surface area contributed by atoms with Crippen LogP contribution in [-0.2, 0) is 11.8 Å². The van der Waals surface area contributed by atoms with Crippen LogP contribution in [0.2, 0.25) is 0 Å². The van der Waals surface area contributed by atoms with Gasteiger partial charge in [0.2, 0.25) is 0 Å². The smallest absolute Gasteiger partial charge is 0.137 e. The Labute approximate surface area is 325 Å². The van der Waals surface area contributed by atoms with Gasteiger partial charge >= 0.3 is 0 Å². The first-order chi connectivity index (χ1) is 26.4. The van der Waals surface area contributed by atoms with Crippen LogP contribution < -0.4 is 4.74 Å². The van der Waals surface area contributed by atoms with E-state index in [9.17, 15) is 0 Å². The molecule has 8 rings (SSSR count). The van der Waals surface area contributed by atoms with E-state index in [4.69, 9.17) is 14.8 Å². The van der Waals surface area contributed by atoms with Gasteiger partial charge in [-0.2, -0.15) is 5.10 Å². The SMILES string of the molecule is Cc1cc(C)c(-c2c(C)nn(-c3cc(Oc4ccc5c6ccccc6n(-c6cc(CC(C)C)ccn6)c5c4)cc(C(C)(C)C)c3)c2-c2ccccc2)c(C)c1. The first kappa shape index (κ1) is 36.1. The number of hydrogen-bond acceptors (Lipinski definition) is 3. The molecule has 0 saturated carbocycles. The van der Waals surface area contributed by atoms with E-state index in [1.165, 1.54) is 33.2 Å². The predicted octanol–water partition coefficient (Wildman–Crippen LogP) is 13.2. The van der Waals surface area contributed by atoms with Gasteiger partial charge in [0.25, 0.3) is 0 Å². The van der Waals surface area contributed by atoms with Crippen LogP contribution in [0.4, 0.5) is 0 Å². The van der Waals surface area contributed by atoms with Gasteiger partial charge in [-0.05, 0) is 116 Å². The molecule has 0 unspecified atom stereocenters. The van der Waals surface area contributed by atoms with Crippen molar-refractivity contribution in [2.24, 2.45) is 5.92 Å². The zero-order valence-corrected chi connectivity index (χ0v) is 33.5. The molecule has 5 aromatic carbocycles. The van der Waals surface area contributed by atoms with Crippen molar-refractivity contribution < 1.29 is 4.74 Å². The number of aryl methyl sites for hydroxylation is 4. The summed E-state index contributed by atoms with van der Waals surface area (Å²) in [6.07, 6.45) is 2.93. The Balaban J connectivity index is 1.29. The highest BCUT2D eigenvalue weighted by molar-refractivity contribution is 6.09. The van der Waals surface area contributed by atoms with Gasteiger partial charge in [-0.15, -0.1) is 0 Å². The first-order valence-corrected chi connectivity index (χ1v) is 19.4. The molecular formula is C50H50N4O. The summed E-state index contributed by atoms with van der Waals surface area (Å²) in [5, 5.41) is 7.65. The Morgan fingerprint density at radius 1 is 0.673 bits per heavy atom. The maximum absolute atomic E-state index is 6.89. The van der Waals surface area contributed by atoms with Gasteiger partial charge in [0.05, 0.1) is 28.1 Å². The molecule has 55 heavy (non-hydrogen) atoms. The topological polar surface area (TPSA) is 44.9 Å². The molecule has 5 heteroatoms. The highest BCUT2D eigenvalue weighted by atomic mass is 16.5. The fourth-order valence-electron chi connectivity index (χ4n) is 8.23. The number of benzene rings is 5. The highest BCUT2D eigenvalue weighted by Crippen LogP contribution is 2.42. The summed E-state index contributed by atoms with van der Waals surface area (Å²) >= 11 is 0. The van der Waals surface area contributed by atoms with Crippen molar-refractivity contribution in [1.29, 1.82) is 0 Å². The third-order valence-corrected chi connectivity index (χ3v) is 10.6. The second kappa shape index (κ2) is 14.0. The van der Waals surface area contributed by atoms with Crippen molar-refractivity contribution in [3.05, 3.63) is 155 Å². The molecule has 0 bridgehead atoms. The molecular weight excluding hydrogens is 673 g/mol. The largest absolute Gasteiger partial charge is 0.457 e. The molecule has 0 saturated heterocycles. The van der Waals surface area contributed by atoms with Gasteiger partial charge in [-0.25, -0.2) is 9.67 Å². The number of fused-ring (bicyclic) bond motifs is 3. The quantitative estimate of drug-likeness (QED) is 0.157. The van der Waals surface area contributed by atoms with Crippen LogP contribution in [-0.4, -0.2) is 19.3 Å². The van der Waals surface area contributed by atoms with Crippen molar-refractivity contribution in [3.63, 3.8) is 0 Å². The third kappa shape index (κ3) is 6.84. The van der Waals surface area contributed by atoms with Crippen LogP contribution in [0.5, 0.6) is 11.5 Å². The summed E-state index contributed by atoms with van der Waals surface area (Å²) in [7, 11) is 0. The number of nitrogens with zero attached hydrogens (tertiary/aromatic N) is 4. The van der Waals surface area contributed by atoms with Crippen molar-refractivity contribution >= 4 is 21.8 Å². The lowest BCUT2D eigenvalue weighted by atomic mass is 9.86. The maximum atomic E-state index is 6.89. The number of rotatable bonds is 8. The minimum absolute atomic E-state index is 0.140. The fraction of sp³-hybridized carbons (Fsp3) is 0.240. The number of ether oxygens (including phenoxy) is 1. The normalized spacial score (nSPS) is 12.0. The average molecular weight is 723 g/mol. The predicted molar refractivity (Wildman–Crippen MR) is 229 cm³/mol. The first-order valence-electron chi connectivity index (χ1n) is 19.4. The summed E-state index contributed by atoms with van der Waals surface area (Å²) in [5.41, 5.74) is 14.8. The molecule has 0 atom stereocenters. The van der Waals surface area contributed by atoms with E-state index in [-0.39, 0.29) is 5.41 Å². The number of pyridine rings is 1. The zero-order chi connectivity index (χ0) is 38.6. The average Bonchev–Trinajstić information content (AvgIpc) is 3.65. The van der Waals surface area contributed by atoms with E-state index in [0.29, 0.717) is 5.92 Å². The van der Waals surface area contributed by atoms with Crippen LogP contribution in [0.25, 0.3) is 55.7 Å². The molecule has 8 aromatic rings. The molecule has 0 aliphatic carbocycles. The summed E-state index contributed by atoms with van der Waals surface area (Å²) < 4.78 is 11.3. The molecule has 276 valence electrons. The van der Waals surface area contributed by atoms with Crippen molar-refractivity contribution in [3.8, 4) is 45.4 Å². The number of aromatic nitrogens is 4. The van der Waals surface area contributed by atoms with Crippen LogP contribution >= 0.6 is 0 Å². The highest BCUT2D eigenvalue weighted by Gasteiger charge is 2.25.